The minimum atomic E-state index is -4.18. The molecule has 1 aliphatic rings. The molecule has 2 aromatic carbocycles. The van der Waals surface area contributed by atoms with E-state index >= 15 is 0 Å². The number of hydrogen-bond donors (Lipinski definition) is 0. The first-order valence-corrected chi connectivity index (χ1v) is 10.1. The van der Waals surface area contributed by atoms with E-state index in [-0.39, 0.29) is 18.3 Å². The smallest absolute Gasteiger partial charge is 0.207 e. The highest BCUT2D eigenvalue weighted by molar-refractivity contribution is 7.99. The standard InChI is InChI=1S/C17H17F2NO2S2/c18-14-7-4-8-15(19)17(14)24(21,22)20-10-9-16(23-12-11-20)13-5-2-1-3-6-13/h1-8,16H,9-12H2. The van der Waals surface area contributed by atoms with Crippen LogP contribution >= 0.6 is 11.8 Å². The minimum absolute atomic E-state index is 0.178. The molecule has 1 heterocycles. The molecule has 7 heteroatoms. The van der Waals surface area contributed by atoms with Crippen molar-refractivity contribution in [2.24, 2.45) is 0 Å². The van der Waals surface area contributed by atoms with Crippen LogP contribution in [0.3, 0.4) is 0 Å². The van der Waals surface area contributed by atoms with Gasteiger partial charge in [0.2, 0.25) is 10.0 Å². The summed E-state index contributed by atoms with van der Waals surface area (Å²) in [6, 6.07) is 12.9. The van der Waals surface area contributed by atoms with Crippen molar-refractivity contribution in [1.29, 1.82) is 0 Å². The Kier molecular flexibility index (Phi) is 5.22. The molecule has 128 valence electrons. The van der Waals surface area contributed by atoms with Crippen LogP contribution in [0.15, 0.2) is 53.4 Å². The van der Waals surface area contributed by atoms with Gasteiger partial charge in [-0.1, -0.05) is 36.4 Å². The number of halogens is 2. The van der Waals surface area contributed by atoms with Gasteiger partial charge in [0, 0.05) is 24.1 Å². The lowest BCUT2D eigenvalue weighted by Gasteiger charge is -2.20. The molecule has 3 nitrogen and oxygen atoms in total. The third-order valence-electron chi connectivity index (χ3n) is 3.99. The summed E-state index contributed by atoms with van der Waals surface area (Å²) in [5.74, 6) is -1.52. The van der Waals surface area contributed by atoms with Gasteiger partial charge in [0.15, 0.2) is 4.90 Å². The molecule has 3 rings (SSSR count). The van der Waals surface area contributed by atoms with Crippen LogP contribution < -0.4 is 0 Å². The SMILES string of the molecule is O=S(=O)(c1c(F)cccc1F)N1CCSC(c2ccccc2)CC1. The predicted molar refractivity (Wildman–Crippen MR) is 91.4 cm³/mol. The summed E-state index contributed by atoms with van der Waals surface area (Å²) in [6.45, 7) is 0.479. The Morgan fingerprint density at radius 3 is 2.29 bits per heavy atom. The molecule has 2 aromatic rings. The summed E-state index contributed by atoms with van der Waals surface area (Å²) in [4.78, 5) is -0.854. The quantitative estimate of drug-likeness (QED) is 0.825. The minimum Gasteiger partial charge on any atom is -0.207 e. The largest absolute Gasteiger partial charge is 0.248 e. The normalized spacial score (nSPS) is 19.8. The number of sulfonamides is 1. The van der Waals surface area contributed by atoms with Gasteiger partial charge in [-0.05, 0) is 24.1 Å². The second-order valence-corrected chi connectivity index (χ2v) is 8.70. The Hall–Kier alpha value is -1.44. The predicted octanol–water partition coefficient (Wildman–Crippen LogP) is 3.83. The van der Waals surface area contributed by atoms with E-state index in [2.05, 4.69) is 0 Å². The summed E-state index contributed by atoms with van der Waals surface area (Å²) in [6.07, 6.45) is 0.601. The van der Waals surface area contributed by atoms with E-state index in [1.165, 1.54) is 4.31 Å². The molecule has 1 saturated heterocycles. The van der Waals surface area contributed by atoms with Crippen LogP contribution in [0.5, 0.6) is 0 Å². The van der Waals surface area contributed by atoms with Gasteiger partial charge in [0.25, 0.3) is 0 Å². The van der Waals surface area contributed by atoms with Gasteiger partial charge in [-0.3, -0.25) is 0 Å². The third-order valence-corrected chi connectivity index (χ3v) is 7.27. The molecule has 0 N–H and O–H groups in total. The summed E-state index contributed by atoms with van der Waals surface area (Å²) in [5, 5.41) is 0.178. The van der Waals surface area contributed by atoms with Crippen molar-refractivity contribution in [1.82, 2.24) is 4.31 Å². The van der Waals surface area contributed by atoms with Crippen molar-refractivity contribution in [3.8, 4) is 0 Å². The van der Waals surface area contributed by atoms with Crippen molar-refractivity contribution in [3.05, 3.63) is 65.7 Å². The van der Waals surface area contributed by atoms with E-state index in [0.29, 0.717) is 12.2 Å². The maximum Gasteiger partial charge on any atom is 0.248 e. The number of nitrogens with zero attached hydrogens (tertiary/aromatic N) is 1. The second-order valence-electron chi connectivity index (χ2n) is 5.51. The van der Waals surface area contributed by atoms with Crippen LogP contribution in [0.1, 0.15) is 17.2 Å². The molecule has 0 amide bonds. The van der Waals surface area contributed by atoms with Crippen molar-refractivity contribution >= 4 is 21.8 Å². The number of benzene rings is 2. The summed E-state index contributed by atoms with van der Waals surface area (Å²) in [5.41, 5.74) is 1.14. The van der Waals surface area contributed by atoms with Gasteiger partial charge in [-0.2, -0.15) is 16.1 Å². The monoisotopic (exact) mass is 369 g/mol. The highest BCUT2D eigenvalue weighted by atomic mass is 32.2. The van der Waals surface area contributed by atoms with E-state index in [1.54, 1.807) is 11.8 Å². The van der Waals surface area contributed by atoms with E-state index < -0.39 is 26.6 Å². The van der Waals surface area contributed by atoms with E-state index in [4.69, 9.17) is 0 Å². The molecule has 0 aliphatic carbocycles. The molecule has 1 unspecified atom stereocenters. The van der Waals surface area contributed by atoms with E-state index in [9.17, 15) is 17.2 Å². The Labute approximate surface area is 144 Å². The molecule has 0 bridgehead atoms. The number of rotatable bonds is 3. The van der Waals surface area contributed by atoms with Crippen LogP contribution in [0, 0.1) is 11.6 Å². The lowest BCUT2D eigenvalue weighted by atomic mass is 10.1. The first-order chi connectivity index (χ1) is 11.5. The van der Waals surface area contributed by atoms with E-state index in [0.717, 1.165) is 23.8 Å². The van der Waals surface area contributed by atoms with Gasteiger partial charge in [0.05, 0.1) is 0 Å². The Bertz CT molecular complexity index is 792. The average Bonchev–Trinajstić information content (AvgIpc) is 2.82. The van der Waals surface area contributed by atoms with Gasteiger partial charge in [-0.15, -0.1) is 0 Å². The van der Waals surface area contributed by atoms with Crippen molar-refractivity contribution in [2.45, 2.75) is 16.6 Å². The molecule has 1 atom stereocenters. The Morgan fingerprint density at radius 2 is 1.62 bits per heavy atom. The molecule has 0 saturated carbocycles. The maximum atomic E-state index is 13.9. The highest BCUT2D eigenvalue weighted by Crippen LogP contribution is 2.35. The molecule has 0 spiro atoms. The van der Waals surface area contributed by atoms with Crippen molar-refractivity contribution in [3.63, 3.8) is 0 Å². The highest BCUT2D eigenvalue weighted by Gasteiger charge is 2.32. The van der Waals surface area contributed by atoms with Crippen LogP contribution in [-0.2, 0) is 10.0 Å². The number of hydrogen-bond acceptors (Lipinski definition) is 3. The zero-order valence-corrected chi connectivity index (χ0v) is 14.5. The van der Waals surface area contributed by atoms with E-state index in [1.807, 2.05) is 30.3 Å². The van der Waals surface area contributed by atoms with Gasteiger partial charge < -0.3 is 0 Å². The summed E-state index contributed by atoms with van der Waals surface area (Å²) < 4.78 is 54.3. The molecule has 24 heavy (non-hydrogen) atoms. The number of thioether (sulfide) groups is 1. The van der Waals surface area contributed by atoms with Gasteiger partial charge in [-0.25, -0.2) is 17.2 Å². The Morgan fingerprint density at radius 1 is 0.958 bits per heavy atom. The third kappa shape index (κ3) is 3.48. The fraction of sp³-hybridized carbons (Fsp3) is 0.294. The molecule has 0 radical (unpaired) electrons. The average molecular weight is 369 g/mol. The topological polar surface area (TPSA) is 37.4 Å². The van der Waals surface area contributed by atoms with Gasteiger partial charge in [0.1, 0.15) is 11.6 Å². The first kappa shape index (κ1) is 17.4. The lowest BCUT2D eigenvalue weighted by Crippen LogP contribution is -2.34. The first-order valence-electron chi connectivity index (χ1n) is 7.61. The molecule has 1 aliphatic heterocycles. The Balaban J connectivity index is 1.83. The maximum absolute atomic E-state index is 13.9. The molecular formula is C17H17F2NO2S2. The molecular weight excluding hydrogens is 352 g/mol. The zero-order valence-electron chi connectivity index (χ0n) is 12.9. The van der Waals surface area contributed by atoms with Crippen LogP contribution in [0.2, 0.25) is 0 Å². The van der Waals surface area contributed by atoms with Crippen molar-refractivity contribution < 1.29 is 17.2 Å². The van der Waals surface area contributed by atoms with Crippen LogP contribution in [0.25, 0.3) is 0 Å². The summed E-state index contributed by atoms with van der Waals surface area (Å²) >= 11 is 1.67. The lowest BCUT2D eigenvalue weighted by molar-refractivity contribution is 0.417. The van der Waals surface area contributed by atoms with Crippen LogP contribution in [-0.4, -0.2) is 31.6 Å². The van der Waals surface area contributed by atoms with Gasteiger partial charge >= 0.3 is 0 Å². The fourth-order valence-electron chi connectivity index (χ4n) is 2.78. The van der Waals surface area contributed by atoms with Crippen LogP contribution in [0.4, 0.5) is 8.78 Å². The summed E-state index contributed by atoms with van der Waals surface area (Å²) in [7, 11) is -4.18. The fourth-order valence-corrected chi connectivity index (χ4v) is 5.69. The molecule has 0 aromatic heterocycles. The molecule has 1 fully saturated rings. The second kappa shape index (κ2) is 7.21. The zero-order chi connectivity index (χ0) is 17.2. The van der Waals surface area contributed by atoms with Crippen molar-refractivity contribution in [2.75, 3.05) is 18.8 Å².